The molecule has 5 heteroatoms. The molecule has 0 atom stereocenters. The van der Waals surface area contributed by atoms with Crippen molar-refractivity contribution in [3.8, 4) is 0 Å². The maximum absolute atomic E-state index is 12.1. The van der Waals surface area contributed by atoms with Crippen LogP contribution in [-0.4, -0.2) is 17.6 Å². The van der Waals surface area contributed by atoms with Gasteiger partial charge in [-0.15, -0.1) is 0 Å². The molecule has 0 saturated heterocycles. The smallest absolute Gasteiger partial charge is 0.343 e. The number of hydrogen-bond donors (Lipinski definition) is 1. The predicted octanol–water partition coefficient (Wildman–Crippen LogP) is 1.06. The van der Waals surface area contributed by atoms with Gasteiger partial charge in [-0.05, 0) is 19.1 Å². The largest absolute Gasteiger partial charge is 0.462 e. The first-order valence-corrected chi connectivity index (χ1v) is 5.47. The second-order valence-electron chi connectivity index (χ2n) is 3.62. The van der Waals surface area contributed by atoms with E-state index in [1.54, 1.807) is 19.1 Å². The Morgan fingerprint density at radius 3 is 2.72 bits per heavy atom. The van der Waals surface area contributed by atoms with Gasteiger partial charge in [0.05, 0.1) is 17.5 Å². The fourth-order valence-corrected chi connectivity index (χ4v) is 1.65. The molecule has 0 fully saturated rings. The molecule has 2 rings (SSSR count). The second kappa shape index (κ2) is 4.83. The molecule has 0 aliphatic carbocycles. The van der Waals surface area contributed by atoms with E-state index in [2.05, 4.69) is 4.98 Å². The highest BCUT2D eigenvalue weighted by molar-refractivity contribution is 5.93. The van der Waals surface area contributed by atoms with Crippen molar-refractivity contribution in [1.29, 1.82) is 0 Å². The van der Waals surface area contributed by atoms with E-state index in [1.807, 2.05) is 0 Å². The minimum Gasteiger partial charge on any atom is -0.462 e. The van der Waals surface area contributed by atoms with Gasteiger partial charge in [0.25, 0.3) is 0 Å². The zero-order valence-electron chi connectivity index (χ0n) is 9.73. The molecule has 18 heavy (non-hydrogen) atoms. The molecule has 1 aromatic heterocycles. The van der Waals surface area contributed by atoms with Crippen molar-refractivity contribution in [2.24, 2.45) is 0 Å². The Kier molecular flexibility index (Phi) is 3.23. The number of aromatic nitrogens is 1. The lowest BCUT2D eigenvalue weighted by Crippen LogP contribution is -2.19. The van der Waals surface area contributed by atoms with Crippen LogP contribution in [0.5, 0.6) is 0 Å². The third-order valence-corrected chi connectivity index (χ3v) is 2.48. The zero-order valence-corrected chi connectivity index (χ0v) is 9.73. The van der Waals surface area contributed by atoms with Crippen molar-refractivity contribution in [1.82, 2.24) is 4.98 Å². The van der Waals surface area contributed by atoms with Crippen LogP contribution in [0.4, 0.5) is 0 Å². The molecule has 0 amide bonds. The molecule has 0 unspecified atom stereocenters. The molecule has 0 aliphatic rings. The Labute approximate surface area is 102 Å². The third kappa shape index (κ3) is 2.02. The Morgan fingerprint density at radius 2 is 2.00 bits per heavy atom. The summed E-state index contributed by atoms with van der Waals surface area (Å²) in [6.45, 7) is 1.84. The highest BCUT2D eigenvalue weighted by Crippen LogP contribution is 2.03. The fourth-order valence-electron chi connectivity index (χ4n) is 1.65. The quantitative estimate of drug-likeness (QED) is 0.803. The van der Waals surface area contributed by atoms with Crippen molar-refractivity contribution in [2.45, 2.75) is 6.92 Å². The van der Waals surface area contributed by atoms with Crippen molar-refractivity contribution >= 4 is 16.9 Å². The molecular formula is C13H11NO4. The van der Waals surface area contributed by atoms with Crippen LogP contribution in [0.25, 0.3) is 10.9 Å². The van der Waals surface area contributed by atoms with E-state index in [-0.39, 0.29) is 28.5 Å². The van der Waals surface area contributed by atoms with E-state index in [0.717, 1.165) is 0 Å². The Hall–Kier alpha value is -2.43. The molecule has 1 aromatic carbocycles. The Bertz CT molecular complexity index is 718. The van der Waals surface area contributed by atoms with Gasteiger partial charge in [-0.1, -0.05) is 12.1 Å². The first kappa shape index (κ1) is 12.0. The molecule has 0 saturated carbocycles. The fraction of sp³-hybridized carbons (Fsp3) is 0.154. The minimum absolute atomic E-state index is 0.102. The third-order valence-electron chi connectivity index (χ3n) is 2.48. The number of carbonyl (C=O) groups is 1. The number of pyridine rings is 1. The summed E-state index contributed by atoms with van der Waals surface area (Å²) in [6, 6.07) is 5.97. The van der Waals surface area contributed by atoms with Gasteiger partial charge in [-0.2, -0.15) is 0 Å². The highest BCUT2D eigenvalue weighted by Gasteiger charge is 2.13. The number of esters is 1. The van der Waals surface area contributed by atoms with Crippen LogP contribution in [0.15, 0.2) is 40.1 Å². The lowest BCUT2D eigenvalue weighted by atomic mass is 10.2. The van der Waals surface area contributed by atoms with E-state index in [9.17, 15) is 14.4 Å². The second-order valence-corrected chi connectivity index (χ2v) is 3.62. The molecule has 0 bridgehead atoms. The van der Waals surface area contributed by atoms with Crippen LogP contribution in [-0.2, 0) is 4.74 Å². The summed E-state index contributed by atoms with van der Waals surface area (Å²) < 4.78 is 4.77. The van der Waals surface area contributed by atoms with Crippen LogP contribution in [0.3, 0.4) is 0 Å². The predicted molar refractivity (Wildman–Crippen MR) is 66.8 cm³/mol. The Balaban J connectivity index is 2.78. The number of ether oxygens (including phenoxy) is 1. The van der Waals surface area contributed by atoms with Gasteiger partial charge in [0.2, 0.25) is 10.9 Å². The lowest BCUT2D eigenvalue weighted by Gasteiger charge is -2.01. The topological polar surface area (TPSA) is 76.2 Å². The van der Waals surface area contributed by atoms with Crippen LogP contribution >= 0.6 is 0 Å². The molecule has 0 aliphatic heterocycles. The van der Waals surface area contributed by atoms with Crippen LogP contribution in [0.1, 0.15) is 17.3 Å². The summed E-state index contributed by atoms with van der Waals surface area (Å²) in [5, 5.41) is 0.176. The van der Waals surface area contributed by atoms with Gasteiger partial charge in [0.15, 0.2) is 0 Å². The van der Waals surface area contributed by atoms with Crippen LogP contribution in [0, 0.1) is 0 Å². The summed E-state index contributed by atoms with van der Waals surface area (Å²) in [6.07, 6.45) is 1.21. The van der Waals surface area contributed by atoms with Gasteiger partial charge >= 0.3 is 5.97 Å². The maximum Gasteiger partial charge on any atom is 0.343 e. The number of aromatic amines is 1. The standard InChI is InChI=1S/C13H11NO4/c1-2-18-13(17)9-7-14-11-8(12(9)16)5-3-4-6-10(11)15/h3-7H,2H2,1H3,(H,14,16). The van der Waals surface area contributed by atoms with Crippen molar-refractivity contribution in [2.75, 3.05) is 6.61 Å². The molecule has 1 heterocycles. The molecule has 2 aromatic rings. The van der Waals surface area contributed by atoms with Gasteiger partial charge in [0.1, 0.15) is 5.56 Å². The number of H-pyrrole nitrogens is 1. The summed E-state index contributed by atoms with van der Waals surface area (Å²) in [7, 11) is 0. The molecule has 0 radical (unpaired) electrons. The average molecular weight is 245 g/mol. The normalized spacial score (nSPS) is 10.3. The number of fused-ring (bicyclic) bond motifs is 1. The van der Waals surface area contributed by atoms with Crippen LogP contribution < -0.4 is 10.9 Å². The minimum atomic E-state index is -0.695. The molecule has 5 nitrogen and oxygen atoms in total. The first-order valence-electron chi connectivity index (χ1n) is 5.47. The molecule has 1 N–H and O–H groups in total. The maximum atomic E-state index is 12.1. The van der Waals surface area contributed by atoms with Crippen LogP contribution in [0.2, 0.25) is 0 Å². The summed E-state index contributed by atoms with van der Waals surface area (Å²) in [4.78, 5) is 38.0. The summed E-state index contributed by atoms with van der Waals surface area (Å²) >= 11 is 0. The molecular weight excluding hydrogens is 234 g/mol. The van der Waals surface area contributed by atoms with Gasteiger partial charge in [-0.3, -0.25) is 9.59 Å². The lowest BCUT2D eigenvalue weighted by molar-refractivity contribution is 0.0524. The molecule has 92 valence electrons. The number of nitrogens with one attached hydrogen (secondary N) is 1. The van der Waals surface area contributed by atoms with Gasteiger partial charge in [-0.25, -0.2) is 4.79 Å². The number of hydrogen-bond acceptors (Lipinski definition) is 4. The molecule has 0 spiro atoms. The summed E-state index contributed by atoms with van der Waals surface area (Å²) in [5.41, 5.74) is -0.731. The zero-order chi connectivity index (χ0) is 13.1. The van der Waals surface area contributed by atoms with E-state index in [4.69, 9.17) is 4.74 Å². The van der Waals surface area contributed by atoms with E-state index in [0.29, 0.717) is 0 Å². The Morgan fingerprint density at radius 1 is 1.28 bits per heavy atom. The number of carbonyl (C=O) groups excluding carboxylic acids is 1. The van der Waals surface area contributed by atoms with E-state index >= 15 is 0 Å². The van der Waals surface area contributed by atoms with Gasteiger partial charge < -0.3 is 9.72 Å². The average Bonchev–Trinajstić information content (AvgIpc) is 2.53. The van der Waals surface area contributed by atoms with Crippen molar-refractivity contribution in [3.05, 3.63) is 56.5 Å². The van der Waals surface area contributed by atoms with Crippen molar-refractivity contribution < 1.29 is 9.53 Å². The van der Waals surface area contributed by atoms with E-state index < -0.39 is 11.4 Å². The highest BCUT2D eigenvalue weighted by atomic mass is 16.5. The number of rotatable bonds is 2. The summed E-state index contributed by atoms with van der Waals surface area (Å²) in [5.74, 6) is -0.695. The first-order chi connectivity index (χ1) is 8.65. The van der Waals surface area contributed by atoms with E-state index in [1.165, 1.54) is 18.3 Å². The SMILES string of the molecule is CCOC(=O)c1c[nH]c2c(=O)ccccc2c1=O. The van der Waals surface area contributed by atoms with Gasteiger partial charge in [0, 0.05) is 6.20 Å². The van der Waals surface area contributed by atoms with Crippen molar-refractivity contribution in [3.63, 3.8) is 0 Å². The monoisotopic (exact) mass is 245 g/mol.